The van der Waals surface area contributed by atoms with Gasteiger partial charge in [0.15, 0.2) is 0 Å². The van der Waals surface area contributed by atoms with Crippen LogP contribution in [0, 0.1) is 11.3 Å². The van der Waals surface area contributed by atoms with E-state index < -0.39 is 23.1 Å². The van der Waals surface area contributed by atoms with E-state index >= 15 is 0 Å². The summed E-state index contributed by atoms with van der Waals surface area (Å²) in [7, 11) is 0. The van der Waals surface area contributed by atoms with Crippen molar-refractivity contribution in [3.8, 4) is 0 Å². The van der Waals surface area contributed by atoms with Crippen molar-refractivity contribution in [2.75, 3.05) is 6.54 Å². The smallest absolute Gasteiger partial charge is 0.407 e. The number of hydrogen-bond acceptors (Lipinski definition) is 3. The van der Waals surface area contributed by atoms with Crippen LogP contribution in [0.5, 0.6) is 0 Å². The van der Waals surface area contributed by atoms with E-state index in [0.717, 1.165) is 19.3 Å². The number of hydrogen-bond donors (Lipinski definition) is 2. The second-order valence-electron chi connectivity index (χ2n) is 6.58. The zero-order valence-corrected chi connectivity index (χ0v) is 14.3. The first-order valence-corrected chi connectivity index (χ1v) is 7.83. The predicted octanol–water partition coefficient (Wildman–Crippen LogP) is 3.82. The highest BCUT2D eigenvalue weighted by Crippen LogP contribution is 2.37. The molecule has 0 heterocycles. The summed E-state index contributed by atoms with van der Waals surface area (Å²) in [6, 6.07) is 0. The Balaban J connectivity index is 5.06. The second kappa shape index (κ2) is 8.25. The van der Waals surface area contributed by atoms with Gasteiger partial charge in [0.1, 0.15) is 5.60 Å². The van der Waals surface area contributed by atoms with Gasteiger partial charge in [0.2, 0.25) is 0 Å². The van der Waals surface area contributed by atoms with Crippen LogP contribution in [0.3, 0.4) is 0 Å². The van der Waals surface area contributed by atoms with Crippen LogP contribution in [-0.4, -0.2) is 29.3 Å². The summed E-state index contributed by atoms with van der Waals surface area (Å²) in [5.74, 6) is -0.806. The van der Waals surface area contributed by atoms with Crippen molar-refractivity contribution < 1.29 is 19.4 Å². The van der Waals surface area contributed by atoms with Crippen molar-refractivity contribution >= 4 is 12.1 Å². The number of nitrogens with one attached hydrogen (secondary N) is 1. The Bertz CT molecular complexity index is 345. The van der Waals surface area contributed by atoms with Crippen LogP contribution < -0.4 is 5.32 Å². The van der Waals surface area contributed by atoms with E-state index in [-0.39, 0.29) is 12.5 Å². The molecule has 0 aliphatic heterocycles. The third-order valence-electron chi connectivity index (χ3n) is 3.84. The first-order chi connectivity index (χ1) is 9.62. The maximum atomic E-state index is 11.9. The maximum Gasteiger partial charge on any atom is 0.407 e. The van der Waals surface area contributed by atoms with Gasteiger partial charge < -0.3 is 15.2 Å². The van der Waals surface area contributed by atoms with E-state index in [4.69, 9.17) is 4.74 Å². The molecule has 0 rings (SSSR count). The zero-order valence-electron chi connectivity index (χ0n) is 14.3. The largest absolute Gasteiger partial charge is 0.481 e. The van der Waals surface area contributed by atoms with Gasteiger partial charge in [0.05, 0.1) is 5.41 Å². The molecule has 5 nitrogen and oxygen atoms in total. The molecule has 0 fully saturated rings. The van der Waals surface area contributed by atoms with Gasteiger partial charge in [-0.05, 0) is 33.1 Å². The van der Waals surface area contributed by atoms with Crippen molar-refractivity contribution in [3.63, 3.8) is 0 Å². The third kappa shape index (κ3) is 5.94. The quantitative estimate of drug-likeness (QED) is 0.714. The molecule has 1 amide bonds. The summed E-state index contributed by atoms with van der Waals surface area (Å²) in [4.78, 5) is 23.7. The summed E-state index contributed by atoms with van der Waals surface area (Å²) in [5.41, 5.74) is -1.51. The Morgan fingerprint density at radius 1 is 1.14 bits per heavy atom. The van der Waals surface area contributed by atoms with E-state index in [1.54, 1.807) is 20.8 Å². The van der Waals surface area contributed by atoms with Crippen molar-refractivity contribution in [1.82, 2.24) is 5.32 Å². The highest BCUT2D eigenvalue weighted by Gasteiger charge is 2.43. The number of rotatable bonds is 8. The van der Waals surface area contributed by atoms with Gasteiger partial charge in [0.25, 0.3) is 0 Å². The molecule has 5 heteroatoms. The minimum atomic E-state index is -0.921. The molecule has 0 radical (unpaired) electrons. The van der Waals surface area contributed by atoms with Crippen LogP contribution in [0.4, 0.5) is 4.79 Å². The van der Waals surface area contributed by atoms with Gasteiger partial charge in [0, 0.05) is 6.54 Å². The van der Waals surface area contributed by atoms with E-state index in [9.17, 15) is 14.7 Å². The van der Waals surface area contributed by atoms with E-state index in [2.05, 4.69) is 5.32 Å². The molecule has 21 heavy (non-hydrogen) atoms. The fraction of sp³-hybridized carbons (Fsp3) is 0.875. The monoisotopic (exact) mass is 301 g/mol. The van der Waals surface area contributed by atoms with E-state index in [1.165, 1.54) is 0 Å². The summed E-state index contributed by atoms with van der Waals surface area (Å²) >= 11 is 0. The molecule has 0 spiro atoms. The molecule has 0 bridgehead atoms. The van der Waals surface area contributed by atoms with Crippen LogP contribution in [0.1, 0.15) is 67.2 Å². The Morgan fingerprint density at radius 3 is 2.00 bits per heavy atom. The summed E-state index contributed by atoms with van der Waals surface area (Å²) < 4.78 is 5.20. The first-order valence-electron chi connectivity index (χ1n) is 7.83. The van der Waals surface area contributed by atoms with Crippen molar-refractivity contribution in [2.45, 2.75) is 72.8 Å². The van der Waals surface area contributed by atoms with Crippen LogP contribution in [0.25, 0.3) is 0 Å². The molecule has 0 saturated carbocycles. The summed E-state index contributed by atoms with van der Waals surface area (Å²) in [6.07, 6.45) is 2.30. The normalized spacial score (nSPS) is 14.6. The molecular weight excluding hydrogens is 270 g/mol. The lowest BCUT2D eigenvalue weighted by atomic mass is 9.69. The molecule has 0 saturated heterocycles. The Labute approximate surface area is 128 Å². The highest BCUT2D eigenvalue weighted by atomic mass is 16.6. The minimum absolute atomic E-state index is 0.0323. The predicted molar refractivity (Wildman–Crippen MR) is 83.3 cm³/mol. The molecule has 124 valence electrons. The van der Waals surface area contributed by atoms with E-state index in [0.29, 0.717) is 6.42 Å². The number of carboxylic acids is 1. The molecule has 2 N–H and O–H groups in total. The molecule has 1 unspecified atom stereocenters. The Morgan fingerprint density at radius 2 is 1.67 bits per heavy atom. The SMILES string of the molecule is CCCC(CNC(=O)OC(C)(C)C)(C(=O)O)C(CC)CC. The average Bonchev–Trinajstić information content (AvgIpc) is 2.34. The number of aliphatic carboxylic acids is 1. The highest BCUT2D eigenvalue weighted by molar-refractivity contribution is 5.77. The second-order valence-corrected chi connectivity index (χ2v) is 6.58. The fourth-order valence-electron chi connectivity index (χ4n) is 2.85. The van der Waals surface area contributed by atoms with Crippen LogP contribution in [0.15, 0.2) is 0 Å². The lowest BCUT2D eigenvalue weighted by Crippen LogP contribution is -2.48. The lowest BCUT2D eigenvalue weighted by molar-refractivity contribution is -0.153. The van der Waals surface area contributed by atoms with Gasteiger partial charge in [-0.3, -0.25) is 4.79 Å². The molecule has 0 aliphatic carbocycles. The van der Waals surface area contributed by atoms with Crippen LogP contribution >= 0.6 is 0 Å². The standard InChI is InChI=1S/C16H31NO4/c1-7-10-16(13(18)19,12(8-2)9-3)11-17-14(20)21-15(4,5)6/h12H,7-11H2,1-6H3,(H,17,20)(H,18,19). The molecular formula is C16H31NO4. The third-order valence-corrected chi connectivity index (χ3v) is 3.84. The molecule has 1 atom stereocenters. The molecule has 0 aromatic carbocycles. The Hall–Kier alpha value is -1.26. The topological polar surface area (TPSA) is 75.6 Å². The number of alkyl carbamates (subject to hydrolysis) is 1. The van der Waals surface area contributed by atoms with Crippen molar-refractivity contribution in [2.24, 2.45) is 11.3 Å². The number of ether oxygens (including phenoxy) is 1. The van der Waals surface area contributed by atoms with Crippen LogP contribution in [0.2, 0.25) is 0 Å². The molecule has 0 aromatic heterocycles. The fourth-order valence-corrected chi connectivity index (χ4v) is 2.85. The van der Waals surface area contributed by atoms with Gasteiger partial charge in [-0.2, -0.15) is 0 Å². The number of carboxylic acid groups (broad SMARTS) is 1. The summed E-state index contributed by atoms with van der Waals surface area (Å²) in [5, 5.41) is 12.4. The zero-order chi connectivity index (χ0) is 16.7. The minimum Gasteiger partial charge on any atom is -0.481 e. The number of carbonyl (C=O) groups is 2. The number of carbonyl (C=O) groups excluding carboxylic acids is 1. The maximum absolute atomic E-state index is 11.9. The van der Waals surface area contributed by atoms with Gasteiger partial charge in [-0.1, -0.05) is 40.0 Å². The Kier molecular flexibility index (Phi) is 7.75. The van der Waals surface area contributed by atoms with Crippen LogP contribution in [-0.2, 0) is 9.53 Å². The summed E-state index contributed by atoms with van der Waals surface area (Å²) in [6.45, 7) is 11.4. The van der Waals surface area contributed by atoms with E-state index in [1.807, 2.05) is 20.8 Å². The van der Waals surface area contributed by atoms with Crippen molar-refractivity contribution in [3.05, 3.63) is 0 Å². The average molecular weight is 301 g/mol. The van der Waals surface area contributed by atoms with Crippen molar-refractivity contribution in [1.29, 1.82) is 0 Å². The molecule has 0 aromatic rings. The lowest BCUT2D eigenvalue weighted by Gasteiger charge is -2.36. The number of amides is 1. The van der Waals surface area contributed by atoms with Gasteiger partial charge in [-0.25, -0.2) is 4.79 Å². The first kappa shape index (κ1) is 19.7. The van der Waals surface area contributed by atoms with Gasteiger partial charge >= 0.3 is 12.1 Å². The molecule has 0 aliphatic rings. The van der Waals surface area contributed by atoms with Gasteiger partial charge in [-0.15, -0.1) is 0 Å².